The van der Waals surface area contributed by atoms with Crippen LogP contribution in [0.2, 0.25) is 0 Å². The van der Waals surface area contributed by atoms with Crippen molar-refractivity contribution in [2.45, 2.75) is 73.0 Å². The number of carbonyl (C=O) groups is 1. The van der Waals surface area contributed by atoms with Gasteiger partial charge in [0.05, 0.1) is 5.60 Å². The summed E-state index contributed by atoms with van der Waals surface area (Å²) in [6.07, 6.45) is 2.99. The van der Waals surface area contributed by atoms with Crippen LogP contribution in [-0.4, -0.2) is 22.5 Å². The molecule has 3 heteroatoms. The van der Waals surface area contributed by atoms with Crippen molar-refractivity contribution < 1.29 is 9.90 Å². The van der Waals surface area contributed by atoms with Crippen LogP contribution in [0.15, 0.2) is 11.8 Å². The molecule has 2 N–H and O–H groups in total. The third-order valence-electron chi connectivity index (χ3n) is 3.87. The zero-order chi connectivity index (χ0) is 15.1. The minimum absolute atomic E-state index is 0.0461. The Hall–Kier alpha value is -0.830. The lowest BCUT2D eigenvalue weighted by atomic mass is 9.89. The van der Waals surface area contributed by atoms with Gasteiger partial charge < -0.3 is 10.4 Å². The van der Waals surface area contributed by atoms with Gasteiger partial charge in [0.25, 0.3) is 0 Å². The molecule has 0 aliphatic heterocycles. The first kappa shape index (κ1) is 16.2. The van der Waals surface area contributed by atoms with E-state index in [0.29, 0.717) is 6.42 Å². The molecule has 1 aliphatic carbocycles. The molecular formula is C16H29NO2. The SMILES string of the molecule is CC(C)N/C(=C/C(=O)C(C)(C)C)CC1(O)CC1(C)C. The van der Waals surface area contributed by atoms with E-state index in [4.69, 9.17) is 0 Å². The Kier molecular flexibility index (Phi) is 4.21. The second-order valence-corrected chi connectivity index (χ2v) is 7.85. The molecule has 0 spiro atoms. The molecule has 0 heterocycles. The van der Waals surface area contributed by atoms with E-state index in [2.05, 4.69) is 19.2 Å². The van der Waals surface area contributed by atoms with Crippen molar-refractivity contribution in [3.63, 3.8) is 0 Å². The highest BCUT2D eigenvalue weighted by Crippen LogP contribution is 2.58. The molecule has 0 radical (unpaired) electrons. The number of rotatable bonds is 5. The van der Waals surface area contributed by atoms with Crippen LogP contribution in [0.3, 0.4) is 0 Å². The van der Waals surface area contributed by atoms with Gasteiger partial charge in [-0.15, -0.1) is 0 Å². The Labute approximate surface area is 117 Å². The van der Waals surface area contributed by atoms with E-state index in [9.17, 15) is 9.90 Å². The topological polar surface area (TPSA) is 49.3 Å². The highest BCUT2D eigenvalue weighted by Gasteiger charge is 2.60. The van der Waals surface area contributed by atoms with Gasteiger partial charge >= 0.3 is 0 Å². The predicted molar refractivity (Wildman–Crippen MR) is 78.8 cm³/mol. The average Bonchev–Trinajstić information content (AvgIpc) is 2.60. The van der Waals surface area contributed by atoms with Crippen LogP contribution < -0.4 is 5.32 Å². The smallest absolute Gasteiger partial charge is 0.162 e. The average molecular weight is 267 g/mol. The summed E-state index contributed by atoms with van der Waals surface area (Å²) in [4.78, 5) is 12.1. The maximum Gasteiger partial charge on any atom is 0.162 e. The molecule has 3 nitrogen and oxygen atoms in total. The van der Waals surface area contributed by atoms with Crippen molar-refractivity contribution >= 4 is 5.78 Å². The normalized spacial score (nSPS) is 26.5. The molecule has 19 heavy (non-hydrogen) atoms. The van der Waals surface area contributed by atoms with Crippen molar-refractivity contribution in [2.24, 2.45) is 10.8 Å². The van der Waals surface area contributed by atoms with E-state index in [1.165, 1.54) is 0 Å². The lowest BCUT2D eigenvalue weighted by molar-refractivity contribution is -0.121. The van der Waals surface area contributed by atoms with Gasteiger partial charge in [-0.1, -0.05) is 34.6 Å². The molecule has 1 fully saturated rings. The van der Waals surface area contributed by atoms with Gasteiger partial charge in [-0.3, -0.25) is 4.79 Å². The van der Waals surface area contributed by atoms with Crippen LogP contribution in [0, 0.1) is 10.8 Å². The van der Waals surface area contributed by atoms with Gasteiger partial charge in [0.2, 0.25) is 0 Å². The molecule has 0 amide bonds. The first-order chi connectivity index (χ1) is 8.37. The second kappa shape index (κ2) is 4.93. The monoisotopic (exact) mass is 267 g/mol. The Morgan fingerprint density at radius 3 is 2.16 bits per heavy atom. The quantitative estimate of drug-likeness (QED) is 0.753. The molecule has 0 bridgehead atoms. The van der Waals surface area contributed by atoms with Gasteiger partial charge in [-0.05, 0) is 25.7 Å². The Bertz CT molecular complexity index is 388. The standard InChI is InChI=1S/C16H29NO2/c1-11(2)17-12(8-13(18)14(3,4)5)9-16(19)10-15(16,6)7/h8,11,17,19H,9-10H2,1-7H3/b12-8+. The van der Waals surface area contributed by atoms with E-state index < -0.39 is 5.60 Å². The lowest BCUT2D eigenvalue weighted by Crippen LogP contribution is -2.29. The zero-order valence-corrected chi connectivity index (χ0v) is 13.4. The molecule has 0 aromatic heterocycles. The van der Waals surface area contributed by atoms with Gasteiger partial charge in [0.15, 0.2) is 5.78 Å². The maximum absolute atomic E-state index is 12.1. The van der Waals surface area contributed by atoms with Crippen molar-refractivity contribution in [3.05, 3.63) is 11.8 Å². The lowest BCUT2D eigenvalue weighted by Gasteiger charge is -2.21. The fourth-order valence-corrected chi connectivity index (χ4v) is 2.19. The van der Waals surface area contributed by atoms with E-state index in [1.54, 1.807) is 6.08 Å². The highest BCUT2D eigenvalue weighted by molar-refractivity contribution is 5.94. The van der Waals surface area contributed by atoms with E-state index >= 15 is 0 Å². The summed E-state index contributed by atoms with van der Waals surface area (Å²) >= 11 is 0. The molecule has 1 saturated carbocycles. The van der Waals surface area contributed by atoms with E-state index in [0.717, 1.165) is 12.1 Å². The van der Waals surface area contributed by atoms with Crippen LogP contribution >= 0.6 is 0 Å². The third-order valence-corrected chi connectivity index (χ3v) is 3.87. The minimum atomic E-state index is -0.668. The van der Waals surface area contributed by atoms with Crippen LogP contribution in [-0.2, 0) is 4.79 Å². The number of hydrogen-bond donors (Lipinski definition) is 2. The van der Waals surface area contributed by atoms with Crippen LogP contribution in [0.1, 0.15) is 61.3 Å². The number of aliphatic hydroxyl groups is 1. The summed E-state index contributed by atoms with van der Waals surface area (Å²) in [6, 6.07) is 0.254. The van der Waals surface area contributed by atoms with Crippen LogP contribution in [0.5, 0.6) is 0 Å². The first-order valence-corrected chi connectivity index (χ1v) is 7.11. The van der Waals surface area contributed by atoms with Gasteiger partial charge in [-0.25, -0.2) is 0 Å². The summed E-state index contributed by atoms with van der Waals surface area (Å²) in [7, 11) is 0. The van der Waals surface area contributed by atoms with Crippen molar-refractivity contribution in [3.8, 4) is 0 Å². The van der Waals surface area contributed by atoms with Gasteiger partial charge in [-0.2, -0.15) is 0 Å². The summed E-state index contributed by atoms with van der Waals surface area (Å²) in [6.45, 7) is 13.9. The van der Waals surface area contributed by atoms with Gasteiger partial charge in [0, 0.05) is 29.7 Å². The molecule has 1 aliphatic rings. The fraction of sp³-hybridized carbons (Fsp3) is 0.812. The molecule has 1 atom stereocenters. The third kappa shape index (κ3) is 4.07. The van der Waals surface area contributed by atoms with Crippen molar-refractivity contribution in [2.75, 3.05) is 0 Å². The zero-order valence-electron chi connectivity index (χ0n) is 13.4. The Morgan fingerprint density at radius 1 is 1.37 bits per heavy atom. The second-order valence-electron chi connectivity index (χ2n) is 7.85. The number of ketones is 1. The predicted octanol–water partition coefficient (Wildman–Crippen LogP) is 3.03. The molecule has 1 rings (SSSR count). The number of nitrogens with one attached hydrogen (secondary N) is 1. The largest absolute Gasteiger partial charge is 0.389 e. The summed E-state index contributed by atoms with van der Waals surface area (Å²) in [5.74, 6) is 0.0951. The minimum Gasteiger partial charge on any atom is -0.389 e. The molecule has 110 valence electrons. The van der Waals surface area contributed by atoms with Crippen LogP contribution in [0.4, 0.5) is 0 Å². The summed E-state index contributed by atoms with van der Waals surface area (Å²) < 4.78 is 0. The molecule has 0 aromatic rings. The number of carbonyl (C=O) groups excluding carboxylic acids is 1. The highest BCUT2D eigenvalue weighted by atomic mass is 16.3. The van der Waals surface area contributed by atoms with Crippen molar-refractivity contribution in [1.29, 1.82) is 0 Å². The molecular weight excluding hydrogens is 238 g/mol. The fourth-order valence-electron chi connectivity index (χ4n) is 2.19. The molecule has 1 unspecified atom stereocenters. The van der Waals surface area contributed by atoms with E-state index in [-0.39, 0.29) is 22.7 Å². The maximum atomic E-state index is 12.1. The van der Waals surface area contributed by atoms with E-state index in [1.807, 2.05) is 34.6 Å². The Morgan fingerprint density at radius 2 is 1.84 bits per heavy atom. The van der Waals surface area contributed by atoms with Crippen LogP contribution in [0.25, 0.3) is 0 Å². The molecule has 0 saturated heterocycles. The first-order valence-electron chi connectivity index (χ1n) is 7.11. The number of allylic oxidation sites excluding steroid dienone is 1. The Balaban J connectivity index is 2.85. The molecule has 0 aromatic carbocycles. The van der Waals surface area contributed by atoms with Gasteiger partial charge in [0.1, 0.15) is 0 Å². The van der Waals surface area contributed by atoms with Crippen molar-refractivity contribution in [1.82, 2.24) is 5.32 Å². The number of hydrogen-bond acceptors (Lipinski definition) is 3. The summed E-state index contributed by atoms with van der Waals surface area (Å²) in [5, 5.41) is 13.8. The summed E-state index contributed by atoms with van der Waals surface area (Å²) in [5.41, 5.74) is -0.247.